The lowest BCUT2D eigenvalue weighted by molar-refractivity contribution is 0.538. The van der Waals surface area contributed by atoms with Gasteiger partial charge in [0.05, 0.1) is 17.2 Å². The van der Waals surface area contributed by atoms with Gasteiger partial charge in [0.15, 0.2) is 9.84 Å². The Morgan fingerprint density at radius 3 is 2.39 bits per heavy atom. The molecule has 6 nitrogen and oxygen atoms in total. The second-order valence-electron chi connectivity index (χ2n) is 4.85. The summed E-state index contributed by atoms with van der Waals surface area (Å²) in [4.78, 5) is 1.60. The first-order chi connectivity index (χ1) is 11.0. The molecule has 1 aromatic heterocycles. The van der Waals surface area contributed by atoms with Gasteiger partial charge in [-0.1, -0.05) is 34.1 Å². The monoisotopic (exact) mass is 392 g/mol. The van der Waals surface area contributed by atoms with Crippen LogP contribution in [0.3, 0.4) is 0 Å². The zero-order valence-corrected chi connectivity index (χ0v) is 14.4. The normalized spacial score (nSPS) is 11.5. The summed E-state index contributed by atoms with van der Waals surface area (Å²) in [6.07, 6.45) is 0. The number of aromatic nitrogens is 4. The van der Waals surface area contributed by atoms with Crippen LogP contribution in [0.2, 0.25) is 0 Å². The number of sulfone groups is 1. The number of halogens is 1. The van der Waals surface area contributed by atoms with E-state index < -0.39 is 9.84 Å². The second-order valence-corrected chi connectivity index (χ2v) is 7.87. The van der Waals surface area contributed by atoms with Crippen molar-refractivity contribution in [1.82, 2.24) is 20.2 Å². The highest BCUT2D eigenvalue weighted by molar-refractivity contribution is 9.10. The molecule has 0 aliphatic heterocycles. The Morgan fingerprint density at radius 2 is 1.70 bits per heavy atom. The zero-order chi connectivity index (χ0) is 16.3. The Balaban J connectivity index is 1.71. The first-order valence-electron chi connectivity index (χ1n) is 6.86. The van der Waals surface area contributed by atoms with Crippen molar-refractivity contribution in [2.75, 3.05) is 5.75 Å². The van der Waals surface area contributed by atoms with Crippen molar-refractivity contribution in [1.29, 1.82) is 0 Å². The molecule has 0 saturated carbocycles. The van der Waals surface area contributed by atoms with Crippen LogP contribution < -0.4 is 0 Å². The standard InChI is InChI=1S/C15H13BrN4O2S/c16-13-8-6-12(7-9-13)15-17-19-20(18-15)10-11-23(21,22)14-4-2-1-3-5-14/h1-9H,10-11H2. The highest BCUT2D eigenvalue weighted by Crippen LogP contribution is 2.17. The molecule has 23 heavy (non-hydrogen) atoms. The third kappa shape index (κ3) is 3.83. The molecule has 1 heterocycles. The molecule has 0 radical (unpaired) electrons. The van der Waals surface area contributed by atoms with Crippen LogP contribution in [0.1, 0.15) is 0 Å². The third-order valence-corrected chi connectivity index (χ3v) is 5.46. The third-order valence-electron chi connectivity index (χ3n) is 3.22. The molecule has 8 heteroatoms. The van der Waals surface area contributed by atoms with Gasteiger partial charge in [-0.05, 0) is 41.6 Å². The van der Waals surface area contributed by atoms with E-state index in [4.69, 9.17) is 0 Å². The molecule has 118 valence electrons. The van der Waals surface area contributed by atoms with E-state index >= 15 is 0 Å². The summed E-state index contributed by atoms with van der Waals surface area (Å²) >= 11 is 3.36. The van der Waals surface area contributed by atoms with E-state index in [2.05, 4.69) is 31.3 Å². The van der Waals surface area contributed by atoms with Gasteiger partial charge in [-0.15, -0.1) is 10.2 Å². The highest BCUT2D eigenvalue weighted by atomic mass is 79.9. The van der Waals surface area contributed by atoms with Crippen LogP contribution >= 0.6 is 15.9 Å². The Bertz CT molecular complexity index is 893. The lowest BCUT2D eigenvalue weighted by Gasteiger charge is -2.03. The van der Waals surface area contributed by atoms with E-state index in [1.54, 1.807) is 30.3 Å². The van der Waals surface area contributed by atoms with E-state index in [0.717, 1.165) is 10.0 Å². The predicted octanol–water partition coefficient (Wildman–Crippen LogP) is 2.58. The summed E-state index contributed by atoms with van der Waals surface area (Å²) in [7, 11) is -3.35. The van der Waals surface area contributed by atoms with Crippen LogP contribution in [0.25, 0.3) is 11.4 Å². The first kappa shape index (κ1) is 15.8. The molecule has 0 amide bonds. The van der Waals surface area contributed by atoms with Gasteiger partial charge in [0.1, 0.15) is 0 Å². The Kier molecular flexibility index (Phi) is 4.53. The van der Waals surface area contributed by atoms with Crippen LogP contribution in [0.15, 0.2) is 64.0 Å². The molecule has 0 unspecified atom stereocenters. The quantitative estimate of drug-likeness (QED) is 0.666. The number of benzene rings is 2. The zero-order valence-electron chi connectivity index (χ0n) is 12.0. The fourth-order valence-corrected chi connectivity index (χ4v) is 3.48. The average Bonchev–Trinajstić information content (AvgIpc) is 3.04. The highest BCUT2D eigenvalue weighted by Gasteiger charge is 2.15. The van der Waals surface area contributed by atoms with Crippen molar-refractivity contribution < 1.29 is 8.42 Å². The maximum absolute atomic E-state index is 12.2. The van der Waals surface area contributed by atoms with Gasteiger partial charge in [0.2, 0.25) is 5.82 Å². The molecule has 2 aromatic carbocycles. The SMILES string of the molecule is O=S(=O)(CCn1nnc(-c2ccc(Br)cc2)n1)c1ccccc1. The van der Waals surface area contributed by atoms with Crippen LogP contribution in [-0.2, 0) is 16.4 Å². The fraction of sp³-hybridized carbons (Fsp3) is 0.133. The van der Waals surface area contributed by atoms with Crippen molar-refractivity contribution >= 4 is 25.8 Å². The minimum Gasteiger partial charge on any atom is -0.224 e. The van der Waals surface area contributed by atoms with Gasteiger partial charge in [0.25, 0.3) is 0 Å². The smallest absolute Gasteiger partial charge is 0.204 e. The molecular weight excluding hydrogens is 380 g/mol. The first-order valence-corrected chi connectivity index (χ1v) is 9.31. The lowest BCUT2D eigenvalue weighted by atomic mass is 10.2. The molecule has 0 bridgehead atoms. The van der Waals surface area contributed by atoms with Crippen molar-refractivity contribution in [3.8, 4) is 11.4 Å². The molecule has 0 aliphatic rings. The molecule has 3 aromatic rings. The van der Waals surface area contributed by atoms with Crippen LogP contribution in [0.5, 0.6) is 0 Å². The molecule has 0 N–H and O–H groups in total. The Labute approximate surface area is 142 Å². The van der Waals surface area contributed by atoms with Gasteiger partial charge < -0.3 is 0 Å². The summed E-state index contributed by atoms with van der Waals surface area (Å²) in [5.74, 6) is 0.391. The average molecular weight is 393 g/mol. The van der Waals surface area contributed by atoms with E-state index in [-0.39, 0.29) is 12.3 Å². The number of nitrogens with zero attached hydrogens (tertiary/aromatic N) is 4. The molecule has 0 aliphatic carbocycles. The minimum atomic E-state index is -3.35. The van der Waals surface area contributed by atoms with Gasteiger partial charge in [-0.25, -0.2) is 8.42 Å². The maximum atomic E-state index is 12.2. The van der Waals surface area contributed by atoms with Crippen LogP contribution in [-0.4, -0.2) is 34.4 Å². The van der Waals surface area contributed by atoms with Crippen molar-refractivity contribution in [3.05, 3.63) is 59.1 Å². The summed E-state index contributed by atoms with van der Waals surface area (Å²) in [5.41, 5.74) is 0.824. The van der Waals surface area contributed by atoms with Crippen LogP contribution in [0.4, 0.5) is 0 Å². The van der Waals surface area contributed by atoms with Crippen molar-refractivity contribution in [3.63, 3.8) is 0 Å². The number of hydrogen-bond donors (Lipinski definition) is 0. The predicted molar refractivity (Wildman–Crippen MR) is 89.4 cm³/mol. The number of hydrogen-bond acceptors (Lipinski definition) is 5. The molecule has 0 spiro atoms. The van der Waals surface area contributed by atoms with Crippen molar-refractivity contribution in [2.24, 2.45) is 0 Å². The number of tetrazole rings is 1. The summed E-state index contributed by atoms with van der Waals surface area (Å²) in [6, 6.07) is 15.8. The molecule has 3 rings (SSSR count). The Hall–Kier alpha value is -2.06. The van der Waals surface area contributed by atoms with Gasteiger partial charge in [-0.2, -0.15) is 4.80 Å². The van der Waals surface area contributed by atoms with Crippen LogP contribution in [0, 0.1) is 0 Å². The largest absolute Gasteiger partial charge is 0.224 e. The fourth-order valence-electron chi connectivity index (χ4n) is 2.00. The minimum absolute atomic E-state index is 0.0762. The molecule has 0 fully saturated rings. The number of aryl methyl sites for hydroxylation is 1. The molecular formula is C15H13BrN4O2S. The Morgan fingerprint density at radius 1 is 1.00 bits per heavy atom. The van der Waals surface area contributed by atoms with Crippen molar-refractivity contribution in [2.45, 2.75) is 11.4 Å². The molecule has 0 atom stereocenters. The van der Waals surface area contributed by atoms with Gasteiger partial charge >= 0.3 is 0 Å². The lowest BCUT2D eigenvalue weighted by Crippen LogP contribution is -2.15. The van der Waals surface area contributed by atoms with E-state index in [0.29, 0.717) is 10.7 Å². The topological polar surface area (TPSA) is 77.7 Å². The van der Waals surface area contributed by atoms with E-state index in [1.807, 2.05) is 24.3 Å². The molecule has 0 saturated heterocycles. The van der Waals surface area contributed by atoms with Gasteiger partial charge in [0, 0.05) is 10.0 Å². The summed E-state index contributed by atoms with van der Waals surface area (Å²) in [6.45, 7) is 0.154. The summed E-state index contributed by atoms with van der Waals surface area (Å²) < 4.78 is 25.4. The van der Waals surface area contributed by atoms with E-state index in [9.17, 15) is 8.42 Å². The van der Waals surface area contributed by atoms with Gasteiger partial charge in [-0.3, -0.25) is 0 Å². The number of rotatable bonds is 5. The summed E-state index contributed by atoms with van der Waals surface area (Å²) in [5, 5.41) is 12.1. The maximum Gasteiger partial charge on any atom is 0.204 e. The van der Waals surface area contributed by atoms with E-state index in [1.165, 1.54) is 4.80 Å². The second kappa shape index (κ2) is 6.59.